The third-order valence-corrected chi connectivity index (χ3v) is 3.02. The first-order valence-corrected chi connectivity index (χ1v) is 4.97. The van der Waals surface area contributed by atoms with Crippen LogP contribution in [-0.4, -0.2) is 0 Å². The smallest absolute Gasteiger partial charge is 0.173 e. The Labute approximate surface area is 87.0 Å². The fourth-order valence-corrected chi connectivity index (χ4v) is 2.10. The van der Waals surface area contributed by atoms with Gasteiger partial charge in [0.05, 0.1) is 0 Å². The molecule has 0 fully saturated rings. The van der Waals surface area contributed by atoms with E-state index in [2.05, 4.69) is 38.8 Å². The zero-order valence-electron chi connectivity index (χ0n) is 6.10. The molecule has 0 amide bonds. The Hall–Kier alpha value is -0.280. The highest BCUT2D eigenvalue weighted by molar-refractivity contribution is 9.11. The van der Waals surface area contributed by atoms with Crippen LogP contribution in [0.2, 0.25) is 0 Å². The third-order valence-electron chi connectivity index (χ3n) is 1.71. The average Bonchev–Trinajstić information content (AvgIpc) is 2.29. The van der Waals surface area contributed by atoms with Crippen LogP contribution in [0.1, 0.15) is 5.56 Å². The van der Waals surface area contributed by atoms with Crippen LogP contribution >= 0.6 is 31.9 Å². The van der Waals surface area contributed by atoms with E-state index in [1.54, 1.807) is 0 Å². The van der Waals surface area contributed by atoms with Crippen LogP contribution < -0.4 is 0 Å². The van der Waals surface area contributed by atoms with Crippen molar-refractivity contribution in [1.29, 1.82) is 0 Å². The first kappa shape index (κ1) is 8.32. The van der Waals surface area contributed by atoms with Crippen molar-refractivity contribution in [3.63, 3.8) is 0 Å². The van der Waals surface area contributed by atoms with Gasteiger partial charge < -0.3 is 4.42 Å². The van der Waals surface area contributed by atoms with Gasteiger partial charge in [0.2, 0.25) is 0 Å². The quantitative estimate of drug-likeness (QED) is 0.710. The van der Waals surface area contributed by atoms with Gasteiger partial charge in [-0.05, 0) is 35.0 Å². The fraction of sp³-hybridized carbons (Fsp3) is 0. The Bertz CT molecular complexity index is 431. The number of rotatable bonds is 0. The Kier molecular flexibility index (Phi) is 2.00. The second-order valence-electron chi connectivity index (χ2n) is 2.47. The second kappa shape index (κ2) is 2.89. The van der Waals surface area contributed by atoms with Crippen molar-refractivity contribution in [2.75, 3.05) is 0 Å². The summed E-state index contributed by atoms with van der Waals surface area (Å²) in [6.07, 6.45) is 0. The van der Waals surface area contributed by atoms with Crippen LogP contribution in [0, 0.1) is 6.92 Å². The Balaban J connectivity index is 2.97. The van der Waals surface area contributed by atoms with Crippen molar-refractivity contribution < 1.29 is 4.42 Å². The molecule has 0 aliphatic rings. The van der Waals surface area contributed by atoms with E-state index >= 15 is 0 Å². The van der Waals surface area contributed by atoms with Gasteiger partial charge in [-0.2, -0.15) is 0 Å². The normalized spacial score (nSPS) is 10.9. The van der Waals surface area contributed by atoms with Gasteiger partial charge in [-0.25, -0.2) is 0 Å². The molecule has 1 heterocycles. The SMILES string of the molecule is [CH2]c1c(Br)oc2cccc(Br)c12. The largest absolute Gasteiger partial charge is 0.449 e. The molecule has 0 spiro atoms. The lowest BCUT2D eigenvalue weighted by Crippen LogP contribution is -1.70. The Morgan fingerprint density at radius 2 is 2.00 bits per heavy atom. The maximum atomic E-state index is 5.40. The highest BCUT2D eigenvalue weighted by Gasteiger charge is 2.09. The molecule has 12 heavy (non-hydrogen) atoms. The minimum absolute atomic E-state index is 0.699. The zero-order valence-corrected chi connectivity index (χ0v) is 9.28. The summed E-state index contributed by atoms with van der Waals surface area (Å²) in [5.74, 6) is 0. The molecule has 0 bridgehead atoms. The number of furan rings is 1. The van der Waals surface area contributed by atoms with Gasteiger partial charge in [0, 0.05) is 15.4 Å². The molecular formula is C9H5Br2O. The topological polar surface area (TPSA) is 13.1 Å². The molecule has 0 aliphatic heterocycles. The number of benzene rings is 1. The predicted molar refractivity (Wildman–Crippen MR) is 56.1 cm³/mol. The van der Waals surface area contributed by atoms with Crippen LogP contribution in [0.15, 0.2) is 31.8 Å². The summed E-state index contributed by atoms with van der Waals surface area (Å²) >= 11 is 6.73. The van der Waals surface area contributed by atoms with E-state index in [-0.39, 0.29) is 0 Å². The summed E-state index contributed by atoms with van der Waals surface area (Å²) in [5.41, 5.74) is 1.73. The number of fused-ring (bicyclic) bond motifs is 1. The van der Waals surface area contributed by atoms with Gasteiger partial charge in [0.15, 0.2) is 4.67 Å². The average molecular weight is 289 g/mol. The highest BCUT2D eigenvalue weighted by atomic mass is 79.9. The van der Waals surface area contributed by atoms with Gasteiger partial charge in [-0.3, -0.25) is 0 Å². The lowest BCUT2D eigenvalue weighted by molar-refractivity contribution is 0.585. The van der Waals surface area contributed by atoms with E-state index in [1.807, 2.05) is 18.2 Å². The summed E-state index contributed by atoms with van der Waals surface area (Å²) in [4.78, 5) is 0. The lowest BCUT2D eigenvalue weighted by atomic mass is 10.2. The summed E-state index contributed by atoms with van der Waals surface area (Å²) in [7, 11) is 0. The first-order valence-electron chi connectivity index (χ1n) is 3.38. The molecule has 0 N–H and O–H groups in total. The molecule has 3 heteroatoms. The minimum atomic E-state index is 0.699. The van der Waals surface area contributed by atoms with Crippen molar-refractivity contribution in [3.05, 3.63) is 39.8 Å². The molecule has 1 aromatic heterocycles. The Morgan fingerprint density at radius 1 is 1.25 bits per heavy atom. The van der Waals surface area contributed by atoms with E-state index < -0.39 is 0 Å². The van der Waals surface area contributed by atoms with Gasteiger partial charge in [0.25, 0.3) is 0 Å². The standard InChI is InChI=1S/C9H5Br2O/c1-5-8-6(10)3-2-4-7(8)12-9(5)11/h2-4H,1H2. The highest BCUT2D eigenvalue weighted by Crippen LogP contribution is 2.33. The molecule has 61 valence electrons. The van der Waals surface area contributed by atoms with E-state index in [0.29, 0.717) is 4.67 Å². The van der Waals surface area contributed by atoms with E-state index in [0.717, 1.165) is 21.0 Å². The summed E-state index contributed by atoms with van der Waals surface area (Å²) < 4.78 is 7.12. The maximum Gasteiger partial charge on any atom is 0.173 e. The van der Waals surface area contributed by atoms with Crippen LogP contribution in [0.25, 0.3) is 11.0 Å². The monoisotopic (exact) mass is 287 g/mol. The molecule has 1 nitrogen and oxygen atoms in total. The van der Waals surface area contributed by atoms with Gasteiger partial charge in [-0.1, -0.05) is 22.0 Å². The van der Waals surface area contributed by atoms with Crippen LogP contribution in [-0.2, 0) is 0 Å². The van der Waals surface area contributed by atoms with Gasteiger partial charge in [-0.15, -0.1) is 0 Å². The fourth-order valence-electron chi connectivity index (χ4n) is 1.14. The van der Waals surface area contributed by atoms with E-state index in [4.69, 9.17) is 4.42 Å². The molecule has 2 aromatic rings. The van der Waals surface area contributed by atoms with E-state index in [1.165, 1.54) is 0 Å². The number of hydrogen-bond acceptors (Lipinski definition) is 1. The molecule has 0 saturated carbocycles. The van der Waals surface area contributed by atoms with Gasteiger partial charge >= 0.3 is 0 Å². The molecule has 0 saturated heterocycles. The van der Waals surface area contributed by atoms with Crippen molar-refractivity contribution in [2.24, 2.45) is 0 Å². The molecule has 0 atom stereocenters. The predicted octanol–water partition coefficient (Wildman–Crippen LogP) is 4.14. The number of hydrogen-bond donors (Lipinski definition) is 0. The molecule has 1 radical (unpaired) electrons. The first-order chi connectivity index (χ1) is 5.70. The van der Waals surface area contributed by atoms with E-state index in [9.17, 15) is 0 Å². The van der Waals surface area contributed by atoms with Crippen molar-refractivity contribution in [3.8, 4) is 0 Å². The van der Waals surface area contributed by atoms with Gasteiger partial charge in [0.1, 0.15) is 5.58 Å². The summed E-state index contributed by atoms with van der Waals surface area (Å²) in [5, 5.41) is 1.03. The second-order valence-corrected chi connectivity index (χ2v) is 4.04. The lowest BCUT2D eigenvalue weighted by Gasteiger charge is -1.91. The molecule has 2 rings (SSSR count). The maximum absolute atomic E-state index is 5.40. The van der Waals surface area contributed by atoms with Crippen LogP contribution in [0.4, 0.5) is 0 Å². The summed E-state index contributed by atoms with van der Waals surface area (Å²) in [6.45, 7) is 3.90. The number of halogens is 2. The summed E-state index contributed by atoms with van der Waals surface area (Å²) in [6, 6.07) is 5.82. The minimum Gasteiger partial charge on any atom is -0.449 e. The molecule has 1 aromatic carbocycles. The Morgan fingerprint density at radius 3 is 2.67 bits per heavy atom. The molecular weight excluding hydrogens is 284 g/mol. The third kappa shape index (κ3) is 1.12. The molecule has 0 unspecified atom stereocenters. The van der Waals surface area contributed by atoms with Crippen molar-refractivity contribution in [1.82, 2.24) is 0 Å². The molecule has 0 aliphatic carbocycles. The van der Waals surface area contributed by atoms with Crippen LogP contribution in [0.3, 0.4) is 0 Å². The van der Waals surface area contributed by atoms with Crippen molar-refractivity contribution in [2.45, 2.75) is 0 Å². The zero-order chi connectivity index (χ0) is 8.72. The van der Waals surface area contributed by atoms with Crippen molar-refractivity contribution >= 4 is 42.8 Å². The van der Waals surface area contributed by atoms with Crippen LogP contribution in [0.5, 0.6) is 0 Å².